The normalized spacial score (nSPS) is 12.8. The van der Waals surface area contributed by atoms with Crippen LogP contribution in [0.3, 0.4) is 0 Å². The van der Waals surface area contributed by atoms with Gasteiger partial charge in [-0.25, -0.2) is 14.4 Å². The summed E-state index contributed by atoms with van der Waals surface area (Å²) in [5.74, 6) is 1.78. The van der Waals surface area contributed by atoms with Crippen LogP contribution in [-0.2, 0) is 0 Å². The Hall–Kier alpha value is -2.64. The molecule has 7 heteroatoms. The third-order valence-corrected chi connectivity index (χ3v) is 6.28. The minimum atomic E-state index is 0.888. The third kappa shape index (κ3) is 1.61. The van der Waals surface area contributed by atoms with Gasteiger partial charge in [0.1, 0.15) is 5.52 Å². The molecule has 0 N–H and O–H groups in total. The van der Waals surface area contributed by atoms with Crippen molar-refractivity contribution in [3.05, 3.63) is 63.5 Å². The van der Waals surface area contributed by atoms with E-state index >= 15 is 0 Å². The predicted molar refractivity (Wildman–Crippen MR) is 114 cm³/mol. The molecular weight excluding hydrogens is 470 g/mol. The maximum Gasteiger partial charge on any atom is 0.223 e. The van der Waals surface area contributed by atoms with Crippen molar-refractivity contribution in [3.8, 4) is 0 Å². The lowest BCUT2D eigenvalue weighted by atomic mass is 10.2. The molecule has 5 nitrogen and oxygen atoms in total. The van der Waals surface area contributed by atoms with Gasteiger partial charge in [0.2, 0.25) is 11.6 Å². The summed E-state index contributed by atoms with van der Waals surface area (Å²) in [6.07, 6.45) is 0. The van der Waals surface area contributed by atoms with Crippen LogP contribution in [0.5, 0.6) is 0 Å². The van der Waals surface area contributed by atoms with Crippen molar-refractivity contribution in [2.24, 2.45) is 0 Å². The summed E-state index contributed by atoms with van der Waals surface area (Å²) in [5.41, 5.74) is 7.54. The largest absolute Gasteiger partial charge is 0.276 e. The average Bonchev–Trinajstić information content (AvgIpc) is 3.35. The van der Waals surface area contributed by atoms with Gasteiger partial charge >= 0.3 is 0 Å². The van der Waals surface area contributed by atoms with Crippen LogP contribution in [0, 0.1) is 0 Å². The van der Waals surface area contributed by atoms with E-state index in [1.807, 2.05) is 24.3 Å². The molecule has 0 radical (unpaired) electrons. The van der Waals surface area contributed by atoms with Crippen LogP contribution < -0.4 is 0 Å². The van der Waals surface area contributed by atoms with Gasteiger partial charge in [-0.2, -0.15) is 0 Å². The highest BCUT2D eigenvalue weighted by molar-refractivity contribution is 9.10. The van der Waals surface area contributed by atoms with Crippen LogP contribution >= 0.6 is 31.9 Å². The first-order valence-electron chi connectivity index (χ1n) is 8.50. The van der Waals surface area contributed by atoms with Crippen LogP contribution in [0.1, 0.15) is 0 Å². The van der Waals surface area contributed by atoms with E-state index in [0.717, 1.165) is 59.1 Å². The van der Waals surface area contributed by atoms with Gasteiger partial charge in [0.15, 0.2) is 0 Å². The third-order valence-electron chi connectivity index (χ3n) is 5.30. The zero-order chi connectivity index (χ0) is 17.9. The number of hydrogen-bond donors (Lipinski definition) is 0. The molecule has 0 atom stereocenters. The molecule has 0 saturated carbocycles. The Balaban J connectivity index is 1.85. The Bertz CT molecular complexity index is 1580. The highest BCUT2D eigenvalue weighted by Gasteiger charge is 2.23. The highest BCUT2D eigenvalue weighted by atomic mass is 79.9. The van der Waals surface area contributed by atoms with Gasteiger partial charge in [0, 0.05) is 8.95 Å². The molecule has 0 aliphatic rings. The fourth-order valence-electron chi connectivity index (χ4n) is 4.25. The number of fused-ring (bicyclic) bond motifs is 10. The monoisotopic (exact) mass is 477 g/mol. The maximum absolute atomic E-state index is 4.93. The highest BCUT2D eigenvalue weighted by Crippen LogP contribution is 2.35. The van der Waals surface area contributed by atoms with Crippen molar-refractivity contribution in [1.82, 2.24) is 23.2 Å². The van der Waals surface area contributed by atoms with Crippen LogP contribution in [0.2, 0.25) is 0 Å². The fraction of sp³-hybridized carbons (Fsp3) is 0. The number of imidazole rings is 4. The summed E-state index contributed by atoms with van der Waals surface area (Å²) in [7, 11) is 0. The van der Waals surface area contributed by atoms with E-state index in [2.05, 4.69) is 75.4 Å². The molecule has 7 rings (SSSR count). The van der Waals surface area contributed by atoms with Crippen molar-refractivity contribution in [2.75, 3.05) is 0 Å². The molecule has 7 aromatic rings. The Morgan fingerprint density at radius 1 is 0.593 bits per heavy atom. The smallest absolute Gasteiger partial charge is 0.223 e. The van der Waals surface area contributed by atoms with Crippen molar-refractivity contribution >= 4 is 82.0 Å². The molecule has 0 bridgehead atoms. The summed E-state index contributed by atoms with van der Waals surface area (Å²) in [5, 5.41) is 0. The van der Waals surface area contributed by atoms with Crippen LogP contribution in [-0.4, -0.2) is 23.2 Å². The van der Waals surface area contributed by atoms with Crippen molar-refractivity contribution in [2.45, 2.75) is 0 Å². The second-order valence-electron chi connectivity index (χ2n) is 6.74. The van der Waals surface area contributed by atoms with Gasteiger partial charge < -0.3 is 0 Å². The topological polar surface area (TPSA) is 39.0 Å². The van der Waals surface area contributed by atoms with Crippen molar-refractivity contribution in [3.63, 3.8) is 0 Å². The number of rotatable bonds is 0. The van der Waals surface area contributed by atoms with Gasteiger partial charge in [-0.15, -0.1) is 0 Å². The van der Waals surface area contributed by atoms with E-state index in [4.69, 9.17) is 9.97 Å². The van der Waals surface area contributed by atoms with E-state index in [1.54, 1.807) is 0 Å². The first-order valence-corrected chi connectivity index (χ1v) is 10.1. The van der Waals surface area contributed by atoms with E-state index in [0.29, 0.717) is 0 Å². The second kappa shape index (κ2) is 4.61. The standard InChI is InChI=1S/C20H9Br2N5/c21-10-4-6-12-16(8-10)25-14-2-1-3-15-18(14)27(19(25)23-12)20-24-13-7-5-11(22)9-17(13)26(15)20/h1-9H. The van der Waals surface area contributed by atoms with Crippen molar-refractivity contribution < 1.29 is 0 Å². The Morgan fingerprint density at radius 2 is 1.11 bits per heavy atom. The maximum atomic E-state index is 4.93. The Labute approximate surface area is 168 Å². The minimum Gasteiger partial charge on any atom is -0.276 e. The first kappa shape index (κ1) is 14.4. The van der Waals surface area contributed by atoms with Gasteiger partial charge in [-0.05, 0) is 48.5 Å². The molecule has 3 aromatic carbocycles. The van der Waals surface area contributed by atoms with Crippen molar-refractivity contribution in [1.29, 1.82) is 0 Å². The molecule has 0 aliphatic heterocycles. The zero-order valence-corrected chi connectivity index (χ0v) is 16.9. The number of benzene rings is 3. The van der Waals surface area contributed by atoms with Gasteiger partial charge in [-0.3, -0.25) is 8.80 Å². The molecule has 0 unspecified atom stereocenters. The molecular formula is C20H9Br2N5. The second-order valence-corrected chi connectivity index (χ2v) is 8.57. The lowest BCUT2D eigenvalue weighted by Crippen LogP contribution is -1.87. The molecule has 0 amide bonds. The quantitative estimate of drug-likeness (QED) is 0.282. The number of hydrogen-bond acceptors (Lipinski definition) is 2. The van der Waals surface area contributed by atoms with Gasteiger partial charge in [-0.1, -0.05) is 37.9 Å². The number of aromatic nitrogens is 5. The molecule has 0 fully saturated rings. The van der Waals surface area contributed by atoms with Gasteiger partial charge in [0.25, 0.3) is 0 Å². The zero-order valence-electron chi connectivity index (χ0n) is 13.7. The summed E-state index contributed by atoms with van der Waals surface area (Å²) in [6, 6.07) is 18.8. The van der Waals surface area contributed by atoms with Crippen LogP contribution in [0.4, 0.5) is 0 Å². The van der Waals surface area contributed by atoms with Crippen LogP contribution in [0.25, 0.3) is 50.2 Å². The lowest BCUT2D eigenvalue weighted by molar-refractivity contribution is 1.15. The first-order chi connectivity index (χ1) is 13.2. The van der Waals surface area contributed by atoms with E-state index in [9.17, 15) is 0 Å². The summed E-state index contributed by atoms with van der Waals surface area (Å²) in [4.78, 5) is 9.85. The number of para-hydroxylation sites is 1. The minimum absolute atomic E-state index is 0.888. The molecule has 4 heterocycles. The Kier molecular flexibility index (Phi) is 2.46. The fourth-order valence-corrected chi connectivity index (χ4v) is 4.94. The van der Waals surface area contributed by atoms with Crippen LogP contribution in [0.15, 0.2) is 63.5 Å². The van der Waals surface area contributed by atoms with E-state index in [-0.39, 0.29) is 0 Å². The molecule has 0 aliphatic carbocycles. The SMILES string of the molecule is Brc1ccc2nc3n(c2c1)c1cccc2c1n3c1nc3ccc(Br)cc3n21. The molecule has 0 spiro atoms. The van der Waals surface area contributed by atoms with E-state index in [1.165, 1.54) is 0 Å². The summed E-state index contributed by atoms with van der Waals surface area (Å²) >= 11 is 7.18. The van der Waals surface area contributed by atoms with E-state index < -0.39 is 0 Å². The number of nitrogens with zero attached hydrogens (tertiary/aromatic N) is 5. The molecule has 128 valence electrons. The Morgan fingerprint density at radius 3 is 1.63 bits per heavy atom. The molecule has 4 aromatic heterocycles. The summed E-state index contributed by atoms with van der Waals surface area (Å²) < 4.78 is 8.70. The predicted octanol–water partition coefficient (Wildman–Crippen LogP) is 5.66. The lowest BCUT2D eigenvalue weighted by Gasteiger charge is -1.98. The molecule has 0 saturated heterocycles. The average molecular weight is 479 g/mol. The molecule has 27 heavy (non-hydrogen) atoms. The number of halogens is 2. The summed E-state index contributed by atoms with van der Waals surface area (Å²) in [6.45, 7) is 0. The van der Waals surface area contributed by atoms with Gasteiger partial charge in [0.05, 0.1) is 33.1 Å².